The summed E-state index contributed by atoms with van der Waals surface area (Å²) in [5, 5.41) is 159. The van der Waals surface area contributed by atoms with E-state index in [4.69, 9.17) is 37.9 Å². The molecule has 78 heavy (non-hydrogen) atoms. The van der Waals surface area contributed by atoms with Crippen LogP contribution in [0.2, 0.25) is 0 Å². The Kier molecular flexibility index (Phi) is 18.8. The molecule has 0 amide bonds. The van der Waals surface area contributed by atoms with Crippen LogP contribution in [0.25, 0.3) is 0 Å². The van der Waals surface area contributed by atoms with Crippen LogP contribution in [-0.4, -0.2) is 249 Å². The van der Waals surface area contributed by atoms with Crippen LogP contribution in [-0.2, 0) is 42.7 Å². The molecule has 4 aliphatic carbocycles. The molecule has 0 bridgehead atoms. The van der Waals surface area contributed by atoms with Gasteiger partial charge in [0.15, 0.2) is 30.9 Å². The Balaban J connectivity index is 0.987. The maximum absolute atomic E-state index is 15.0. The molecule has 24 nitrogen and oxygen atoms in total. The van der Waals surface area contributed by atoms with Crippen molar-refractivity contribution in [2.24, 2.45) is 45.3 Å². The predicted molar refractivity (Wildman–Crippen MR) is 267 cm³/mol. The van der Waals surface area contributed by atoms with Crippen LogP contribution < -0.4 is 0 Å². The molecule has 0 radical (unpaired) electrons. The van der Waals surface area contributed by atoms with Crippen molar-refractivity contribution in [1.29, 1.82) is 0 Å². The number of rotatable bonds is 17. The van der Waals surface area contributed by atoms with E-state index in [0.717, 1.165) is 31.3 Å². The van der Waals surface area contributed by atoms with Crippen LogP contribution in [0.1, 0.15) is 107 Å². The van der Waals surface area contributed by atoms with Crippen LogP contribution in [0.15, 0.2) is 11.6 Å². The molecule has 0 aromatic carbocycles. The largest absolute Gasteiger partial charge is 0.394 e. The second-order valence-electron chi connectivity index (χ2n) is 25.8. The Morgan fingerprint density at radius 1 is 0.590 bits per heavy atom. The van der Waals surface area contributed by atoms with E-state index in [1.165, 1.54) is 13.8 Å². The molecule has 0 aromatic rings. The number of carbonyl (C=O) groups is 1. The first-order valence-corrected chi connectivity index (χ1v) is 27.9. The van der Waals surface area contributed by atoms with Crippen LogP contribution in [0.3, 0.4) is 0 Å². The second-order valence-corrected chi connectivity index (χ2v) is 25.8. The van der Waals surface area contributed by atoms with Crippen molar-refractivity contribution in [3.63, 3.8) is 0 Å². The quantitative estimate of drug-likeness (QED) is 0.0689. The third kappa shape index (κ3) is 11.0. The molecule has 450 valence electrons. The summed E-state index contributed by atoms with van der Waals surface area (Å²) in [6.07, 6.45) is -27.5. The summed E-state index contributed by atoms with van der Waals surface area (Å²) in [6, 6.07) is 0. The fourth-order valence-corrected chi connectivity index (χ4v) is 15.4. The average molecular weight is 1120 g/mol. The maximum atomic E-state index is 15.0. The van der Waals surface area contributed by atoms with Crippen LogP contribution in [0.5, 0.6) is 0 Å². The molecule has 15 N–H and O–H groups in total. The first-order valence-electron chi connectivity index (χ1n) is 27.9. The standard InChI is InChI=1S/C54H90O24/c1-22(23-13-14-54(8)45-26(58)17-25-24(52(45,6)15-16-53(23,54)7)10-12-31(50(25,2)3)76-47-42(68)38(64)34(60)28(19-56)73-47)9-11-32(51(4,5)70)77-49-44(78-48-43(69)39(65)35(61)29(20-57)74-48)40(66)36(62)30(75-49)21-71-46-41(67)37(63)33(59)27(18-55)72-46/h17,22-24,27-49,55-57,59-70H,9-16,18-21H2,1-8H3/t22-,23?,24?,27-,28-,29-,30-,31+,32-,33-,34-,35-,36-,37+,38+,39+,40+,41-,42-,43-,44-,45?,46+,47+,48+,49+,52+,53-,54+/m1/s1. The molecule has 3 unspecified atom stereocenters. The molecule has 4 heterocycles. The van der Waals surface area contributed by atoms with Crippen LogP contribution in [0, 0.1) is 45.3 Å². The van der Waals surface area contributed by atoms with E-state index in [-0.39, 0.29) is 41.3 Å². The Bertz CT molecular complexity index is 2070. The summed E-state index contributed by atoms with van der Waals surface area (Å²) in [5.41, 5.74) is -2.43. The first-order chi connectivity index (χ1) is 36.4. The number of hydrogen-bond donors (Lipinski definition) is 15. The smallest absolute Gasteiger partial charge is 0.187 e. The highest BCUT2D eigenvalue weighted by atomic mass is 16.8. The normalized spacial score (nSPS) is 50.5. The molecular weight excluding hydrogens is 1030 g/mol. The minimum atomic E-state index is -1.94. The van der Waals surface area contributed by atoms with Gasteiger partial charge in [-0.2, -0.15) is 0 Å². The van der Waals surface area contributed by atoms with Gasteiger partial charge in [0.25, 0.3) is 0 Å². The third-order valence-electron chi connectivity index (χ3n) is 20.5. The lowest BCUT2D eigenvalue weighted by Crippen LogP contribution is -2.65. The van der Waals surface area contributed by atoms with Crippen molar-refractivity contribution < 1.29 is 119 Å². The van der Waals surface area contributed by atoms with Crippen LogP contribution in [0.4, 0.5) is 0 Å². The Hall–Kier alpha value is -1.51. The number of ketones is 1. The molecule has 29 atom stereocenters. The third-order valence-corrected chi connectivity index (χ3v) is 20.5. The van der Waals surface area contributed by atoms with Gasteiger partial charge in [-0.05, 0) is 105 Å². The van der Waals surface area contributed by atoms with E-state index in [1.54, 1.807) is 0 Å². The van der Waals surface area contributed by atoms with Crippen molar-refractivity contribution >= 4 is 5.78 Å². The van der Waals surface area contributed by atoms with Crippen molar-refractivity contribution in [2.75, 3.05) is 26.4 Å². The summed E-state index contributed by atoms with van der Waals surface area (Å²) in [7, 11) is 0. The highest BCUT2D eigenvalue weighted by molar-refractivity contribution is 5.95. The van der Waals surface area contributed by atoms with Crippen molar-refractivity contribution in [3.8, 4) is 0 Å². The number of allylic oxidation sites excluding steroid dienone is 1. The summed E-state index contributed by atoms with van der Waals surface area (Å²) >= 11 is 0. The second kappa shape index (κ2) is 23.5. The monoisotopic (exact) mass is 1120 g/mol. The molecule has 0 spiro atoms. The van der Waals surface area contributed by atoms with Gasteiger partial charge < -0.3 is 114 Å². The molecule has 7 fully saturated rings. The molecule has 4 saturated heterocycles. The molecule has 8 rings (SSSR count). The predicted octanol–water partition coefficient (Wildman–Crippen LogP) is -3.02. The molecule has 0 aromatic heterocycles. The zero-order valence-electron chi connectivity index (χ0n) is 46.0. The highest BCUT2D eigenvalue weighted by Crippen LogP contribution is 2.74. The lowest BCUT2D eigenvalue weighted by atomic mass is 9.39. The zero-order valence-corrected chi connectivity index (χ0v) is 46.0. The Morgan fingerprint density at radius 2 is 1.09 bits per heavy atom. The van der Waals surface area contributed by atoms with Gasteiger partial charge in [0.05, 0.1) is 44.2 Å². The van der Waals surface area contributed by atoms with E-state index in [1.807, 2.05) is 19.9 Å². The Morgan fingerprint density at radius 3 is 1.63 bits per heavy atom. The molecule has 24 heteroatoms. The number of aliphatic hydroxyl groups is 15. The minimum absolute atomic E-state index is 0.00824. The summed E-state index contributed by atoms with van der Waals surface area (Å²) in [5.74, 6) is -0.0692. The van der Waals surface area contributed by atoms with E-state index < -0.39 is 183 Å². The van der Waals surface area contributed by atoms with Gasteiger partial charge >= 0.3 is 0 Å². The van der Waals surface area contributed by atoms with E-state index >= 15 is 0 Å². The number of hydrogen-bond acceptors (Lipinski definition) is 24. The van der Waals surface area contributed by atoms with E-state index in [9.17, 15) is 81.4 Å². The molecule has 3 saturated carbocycles. The number of carbonyl (C=O) groups excluding carboxylic acids is 1. The maximum Gasteiger partial charge on any atom is 0.187 e. The van der Waals surface area contributed by atoms with Gasteiger partial charge in [-0.15, -0.1) is 0 Å². The zero-order chi connectivity index (χ0) is 57.5. The Labute approximate surface area is 454 Å². The number of fused-ring (bicyclic) bond motifs is 5. The topological polar surface area (TPSA) is 394 Å². The van der Waals surface area contributed by atoms with Gasteiger partial charge in [-0.25, -0.2) is 0 Å². The molecule has 4 aliphatic heterocycles. The fraction of sp³-hybridized carbons (Fsp3) is 0.944. The number of aliphatic hydroxyl groups excluding tert-OH is 14. The summed E-state index contributed by atoms with van der Waals surface area (Å²) in [6.45, 7) is 13.2. The highest BCUT2D eigenvalue weighted by Gasteiger charge is 2.70. The molecule has 8 aliphatic rings. The average Bonchev–Trinajstić information content (AvgIpc) is 3.68. The molecular formula is C54H90O24. The van der Waals surface area contributed by atoms with Crippen LogP contribution >= 0.6 is 0 Å². The van der Waals surface area contributed by atoms with Crippen molar-refractivity contribution in [1.82, 2.24) is 0 Å². The summed E-state index contributed by atoms with van der Waals surface area (Å²) < 4.78 is 47.6. The van der Waals surface area contributed by atoms with E-state index in [2.05, 4.69) is 27.7 Å². The lowest BCUT2D eigenvalue weighted by Gasteiger charge is -2.65. The minimum Gasteiger partial charge on any atom is -0.394 e. The van der Waals surface area contributed by atoms with E-state index in [0.29, 0.717) is 19.3 Å². The van der Waals surface area contributed by atoms with Crippen molar-refractivity contribution in [3.05, 3.63) is 11.6 Å². The first kappa shape index (κ1) is 62.5. The van der Waals surface area contributed by atoms with Crippen molar-refractivity contribution in [2.45, 2.75) is 247 Å². The van der Waals surface area contributed by atoms with Gasteiger partial charge in [0.1, 0.15) is 97.7 Å². The van der Waals surface area contributed by atoms with Gasteiger partial charge in [-0.1, -0.05) is 47.1 Å². The summed E-state index contributed by atoms with van der Waals surface area (Å²) in [4.78, 5) is 15.0. The van der Waals surface area contributed by atoms with Gasteiger partial charge in [-0.3, -0.25) is 4.79 Å². The SMILES string of the molecule is C[C@H](CC[C@@H](O[C@@H]1O[C@H](CO[C@H]2O[C@H](CO)[C@@H](O)[C@H](O)[C@H]2O)[C@@H](O)[C@H](O)[C@H]1O[C@@H]1O[C@H](CO)[C@@H](O)[C@H](O)[C@H]1O)C(C)(C)O)C1CC[C@@]2(C)C3C(=O)C=C4C(CC[C@H](O[C@@H]5O[C@H](CO)[C@@H](O)[C@H](O)[C@H]5O)C4(C)C)[C@]3(C)CC[C@]12C. The van der Waals surface area contributed by atoms with Gasteiger partial charge in [0, 0.05) is 11.3 Å². The van der Waals surface area contributed by atoms with Gasteiger partial charge in [0.2, 0.25) is 0 Å². The lowest BCUT2D eigenvalue weighted by molar-refractivity contribution is -0.380. The number of ether oxygens (including phenoxy) is 8. The fourth-order valence-electron chi connectivity index (χ4n) is 15.4.